The predicted molar refractivity (Wildman–Crippen MR) is 201 cm³/mol. The van der Waals surface area contributed by atoms with Gasteiger partial charge in [0.15, 0.2) is 0 Å². The van der Waals surface area contributed by atoms with Crippen LogP contribution in [0.25, 0.3) is 84.6 Å². The Labute approximate surface area is 277 Å². The molecule has 47 heavy (non-hydrogen) atoms. The third-order valence-electron chi connectivity index (χ3n) is 9.90. The highest BCUT2D eigenvalue weighted by atomic mass is 32.1. The van der Waals surface area contributed by atoms with Crippen LogP contribution < -0.4 is 0 Å². The summed E-state index contributed by atoms with van der Waals surface area (Å²) in [7, 11) is 0. The molecule has 6 aromatic carbocycles. The molecule has 0 atom stereocenters. The molecule has 0 aliphatic heterocycles. The first-order chi connectivity index (χ1) is 23.3. The second-order valence-electron chi connectivity index (χ2n) is 12.4. The maximum atomic E-state index is 5.63. The second kappa shape index (κ2) is 9.58. The molecule has 0 N–H and O–H groups in total. The normalized spacial score (nSPS) is 13.5. The maximum absolute atomic E-state index is 5.63. The van der Waals surface area contributed by atoms with Crippen molar-refractivity contribution < 1.29 is 0 Å². The first kappa shape index (κ1) is 25.8. The number of nitrogens with zero attached hydrogens (tertiary/aromatic N) is 3. The Morgan fingerprint density at radius 2 is 1.21 bits per heavy atom. The average molecular weight is 636 g/mol. The van der Waals surface area contributed by atoms with Crippen molar-refractivity contribution in [3.05, 3.63) is 144 Å². The molecule has 0 radical (unpaired) electrons. The zero-order valence-corrected chi connectivity index (χ0v) is 26.8. The second-order valence-corrected chi connectivity index (χ2v) is 14.5. The molecule has 10 aromatic rings. The topological polar surface area (TPSA) is 30.7 Å². The molecule has 5 heteroatoms. The lowest BCUT2D eigenvalue weighted by Gasteiger charge is -2.19. The fourth-order valence-corrected chi connectivity index (χ4v) is 10.3. The van der Waals surface area contributed by atoms with Gasteiger partial charge in [-0.25, -0.2) is 9.97 Å². The van der Waals surface area contributed by atoms with Crippen LogP contribution in [0.2, 0.25) is 0 Å². The summed E-state index contributed by atoms with van der Waals surface area (Å²) >= 11 is 3.65. The van der Waals surface area contributed by atoms with Crippen LogP contribution in [0, 0.1) is 0 Å². The average Bonchev–Trinajstić information content (AvgIpc) is 3.81. The van der Waals surface area contributed by atoms with Gasteiger partial charge in [-0.3, -0.25) is 4.57 Å². The van der Waals surface area contributed by atoms with Gasteiger partial charge in [-0.2, -0.15) is 0 Å². The minimum atomic E-state index is 0.723. The molecule has 0 saturated heterocycles. The highest BCUT2D eigenvalue weighted by Gasteiger charge is 2.26. The number of aromatic nitrogens is 3. The molecule has 0 fully saturated rings. The van der Waals surface area contributed by atoms with Gasteiger partial charge in [-0.15, -0.1) is 22.7 Å². The van der Waals surface area contributed by atoms with E-state index in [1.54, 1.807) is 11.3 Å². The van der Waals surface area contributed by atoms with Crippen LogP contribution in [0.1, 0.15) is 23.2 Å². The molecule has 0 bridgehead atoms. The van der Waals surface area contributed by atoms with Gasteiger partial charge in [0.1, 0.15) is 4.83 Å². The third-order valence-corrected chi connectivity index (χ3v) is 12.2. The predicted octanol–water partition coefficient (Wildman–Crippen LogP) is 11.8. The van der Waals surface area contributed by atoms with Gasteiger partial charge < -0.3 is 0 Å². The van der Waals surface area contributed by atoms with E-state index in [4.69, 9.17) is 9.97 Å². The Hall–Kier alpha value is -5.36. The number of hydrogen-bond donors (Lipinski definition) is 0. The van der Waals surface area contributed by atoms with Gasteiger partial charge in [0.25, 0.3) is 0 Å². The first-order valence-corrected chi connectivity index (χ1v) is 17.7. The van der Waals surface area contributed by atoms with Gasteiger partial charge in [-0.1, -0.05) is 109 Å². The molecule has 1 aliphatic carbocycles. The van der Waals surface area contributed by atoms with Crippen molar-refractivity contribution in [3.8, 4) is 5.95 Å². The number of benzene rings is 6. The van der Waals surface area contributed by atoms with E-state index in [2.05, 4.69) is 132 Å². The highest BCUT2D eigenvalue weighted by molar-refractivity contribution is 7.27. The van der Waals surface area contributed by atoms with E-state index < -0.39 is 0 Å². The summed E-state index contributed by atoms with van der Waals surface area (Å²) in [6.07, 6.45) is 4.44. The van der Waals surface area contributed by atoms with Crippen LogP contribution in [0.3, 0.4) is 0 Å². The van der Waals surface area contributed by atoms with E-state index >= 15 is 0 Å². The third kappa shape index (κ3) is 3.50. The van der Waals surface area contributed by atoms with Gasteiger partial charge >= 0.3 is 0 Å². The van der Waals surface area contributed by atoms with E-state index in [1.165, 1.54) is 74.0 Å². The largest absolute Gasteiger partial charge is 0.277 e. The van der Waals surface area contributed by atoms with Crippen LogP contribution in [0.15, 0.2) is 127 Å². The minimum Gasteiger partial charge on any atom is -0.277 e. The molecule has 1 aliphatic rings. The van der Waals surface area contributed by atoms with Crippen molar-refractivity contribution in [2.75, 3.05) is 0 Å². The number of thiophene rings is 2. The molecule has 220 valence electrons. The molecule has 0 spiro atoms. The van der Waals surface area contributed by atoms with E-state index in [1.807, 2.05) is 11.3 Å². The molecule has 0 unspecified atom stereocenters. The van der Waals surface area contributed by atoms with Crippen molar-refractivity contribution in [1.29, 1.82) is 0 Å². The number of aryl methyl sites for hydroxylation is 1. The fourth-order valence-electron chi connectivity index (χ4n) is 7.94. The van der Waals surface area contributed by atoms with Crippen LogP contribution >= 0.6 is 22.7 Å². The molecule has 0 amide bonds. The summed E-state index contributed by atoms with van der Waals surface area (Å²) in [5.41, 5.74) is 7.20. The van der Waals surface area contributed by atoms with Gasteiger partial charge in [0.05, 0.1) is 16.7 Å². The summed E-state index contributed by atoms with van der Waals surface area (Å²) in [6, 6.07) is 44.0. The lowest BCUT2D eigenvalue weighted by Crippen LogP contribution is -2.07. The molecular formula is C42H25N3S2. The van der Waals surface area contributed by atoms with Gasteiger partial charge in [0, 0.05) is 57.4 Å². The van der Waals surface area contributed by atoms with Crippen LogP contribution in [0.4, 0.5) is 0 Å². The maximum Gasteiger partial charge on any atom is 0.236 e. The SMILES string of the molecule is C1=C(c2nc(-n3c4ccccc4c4c5ccccc5c5sc6ccccc6c5c43)nc3sc4ccccc4c23)c2ccccc2CC1. The number of hydrogen-bond acceptors (Lipinski definition) is 4. The summed E-state index contributed by atoms with van der Waals surface area (Å²) in [5, 5.41) is 9.97. The van der Waals surface area contributed by atoms with Crippen molar-refractivity contribution in [2.24, 2.45) is 0 Å². The number of rotatable bonds is 2. The molecule has 3 nitrogen and oxygen atoms in total. The molecule has 4 heterocycles. The van der Waals surface area contributed by atoms with Crippen LogP contribution in [-0.2, 0) is 6.42 Å². The Bertz CT molecular complexity index is 2970. The lowest BCUT2D eigenvalue weighted by molar-refractivity contribution is 0.968. The quantitative estimate of drug-likeness (QED) is 0.189. The smallest absolute Gasteiger partial charge is 0.236 e. The number of allylic oxidation sites excluding steroid dienone is 1. The summed E-state index contributed by atoms with van der Waals surface area (Å²) in [4.78, 5) is 12.1. The highest BCUT2D eigenvalue weighted by Crippen LogP contribution is 2.48. The number of para-hydroxylation sites is 1. The monoisotopic (exact) mass is 635 g/mol. The fraction of sp³-hybridized carbons (Fsp3) is 0.0476. The molecule has 11 rings (SSSR count). The van der Waals surface area contributed by atoms with Crippen molar-refractivity contribution in [2.45, 2.75) is 12.8 Å². The van der Waals surface area contributed by atoms with E-state index in [0.29, 0.717) is 0 Å². The zero-order valence-electron chi connectivity index (χ0n) is 25.2. The van der Waals surface area contributed by atoms with Crippen LogP contribution in [0.5, 0.6) is 0 Å². The standard InChI is InChI=1S/C42H25N3S2/c1-2-14-25-24(12-1)13-11-20-27(25)38-36-30-18-6-10-23-34(30)47-41(36)44-42(43-38)45-32-21-8-5-17-29(32)35-26-15-3-4-16-28(26)40-37(39(35)45)31-19-7-9-22-33(31)46-40/h1-10,12,14-23H,11,13H2. The zero-order chi connectivity index (χ0) is 30.6. The summed E-state index contributed by atoms with van der Waals surface area (Å²) in [5.74, 6) is 0.723. The summed E-state index contributed by atoms with van der Waals surface area (Å²) in [6.45, 7) is 0. The number of fused-ring (bicyclic) bond motifs is 14. The Morgan fingerprint density at radius 3 is 2.06 bits per heavy atom. The Morgan fingerprint density at radius 1 is 0.553 bits per heavy atom. The Kier molecular flexibility index (Phi) is 5.26. The molecule has 0 saturated carbocycles. The van der Waals surface area contributed by atoms with Crippen molar-refractivity contribution >= 4 is 101 Å². The van der Waals surface area contributed by atoms with Gasteiger partial charge in [-0.05, 0) is 47.6 Å². The minimum absolute atomic E-state index is 0.723. The van der Waals surface area contributed by atoms with Crippen LogP contribution in [-0.4, -0.2) is 14.5 Å². The summed E-state index contributed by atoms with van der Waals surface area (Å²) < 4.78 is 6.20. The Balaban J connectivity index is 1.36. The molecule has 4 aromatic heterocycles. The molecular weight excluding hydrogens is 611 g/mol. The van der Waals surface area contributed by atoms with E-state index in [0.717, 1.165) is 40.2 Å². The lowest BCUT2D eigenvalue weighted by atomic mass is 9.88. The first-order valence-electron chi connectivity index (χ1n) is 16.1. The van der Waals surface area contributed by atoms with Gasteiger partial charge in [0.2, 0.25) is 5.95 Å². The van der Waals surface area contributed by atoms with E-state index in [-0.39, 0.29) is 0 Å². The van der Waals surface area contributed by atoms with Crippen molar-refractivity contribution in [3.63, 3.8) is 0 Å². The van der Waals surface area contributed by atoms with E-state index in [9.17, 15) is 0 Å². The van der Waals surface area contributed by atoms with Crippen molar-refractivity contribution in [1.82, 2.24) is 14.5 Å².